The maximum atomic E-state index is 5.83. The highest BCUT2D eigenvalue weighted by Crippen LogP contribution is 2.23. The second-order valence-corrected chi connectivity index (χ2v) is 4.42. The van der Waals surface area contributed by atoms with Crippen LogP contribution in [0.1, 0.15) is 0 Å². The number of nitrogen functional groups attached to an aromatic ring is 1. The van der Waals surface area contributed by atoms with Gasteiger partial charge in [0.1, 0.15) is 5.03 Å². The minimum Gasteiger partial charge on any atom is -0.368 e. The van der Waals surface area contributed by atoms with E-state index in [0.717, 1.165) is 16.3 Å². The highest BCUT2D eigenvalue weighted by atomic mass is 35.5. The number of halogens is 1. The molecule has 3 nitrogen and oxygen atoms in total. The summed E-state index contributed by atoms with van der Waals surface area (Å²) in [6, 6.07) is 9.38. The molecule has 0 fully saturated rings. The Kier molecular flexibility index (Phi) is 3.31. The Morgan fingerprint density at radius 1 is 1.19 bits per heavy atom. The summed E-state index contributed by atoms with van der Waals surface area (Å²) >= 11 is 7.37. The van der Waals surface area contributed by atoms with Gasteiger partial charge in [0.2, 0.25) is 5.95 Å². The van der Waals surface area contributed by atoms with Crippen molar-refractivity contribution in [3.05, 3.63) is 35.4 Å². The average Bonchev–Trinajstić information content (AvgIpc) is 2.29. The molecule has 0 spiro atoms. The lowest BCUT2D eigenvalue weighted by atomic mass is 10.1. The van der Waals surface area contributed by atoms with Gasteiger partial charge in [-0.05, 0) is 24.5 Å². The molecule has 0 saturated heterocycles. The molecule has 82 valence electrons. The molecule has 0 atom stereocenters. The van der Waals surface area contributed by atoms with Crippen molar-refractivity contribution in [3.63, 3.8) is 0 Å². The zero-order valence-corrected chi connectivity index (χ0v) is 10.2. The molecule has 0 aliphatic rings. The summed E-state index contributed by atoms with van der Waals surface area (Å²) in [6.45, 7) is 0. The SMILES string of the molecule is CSc1cc(-c2ccc(Cl)cc2)nc(N)n1. The molecule has 0 bridgehead atoms. The molecule has 1 aromatic carbocycles. The van der Waals surface area contributed by atoms with Crippen LogP contribution in [0.15, 0.2) is 35.4 Å². The second-order valence-electron chi connectivity index (χ2n) is 3.16. The van der Waals surface area contributed by atoms with Crippen molar-refractivity contribution in [1.82, 2.24) is 9.97 Å². The van der Waals surface area contributed by atoms with Crippen molar-refractivity contribution < 1.29 is 0 Å². The number of benzene rings is 1. The van der Waals surface area contributed by atoms with Gasteiger partial charge in [-0.3, -0.25) is 0 Å². The molecule has 0 aliphatic heterocycles. The third kappa shape index (κ3) is 2.46. The first-order valence-corrected chi connectivity index (χ1v) is 6.24. The first kappa shape index (κ1) is 11.2. The predicted octanol–water partition coefficient (Wildman–Crippen LogP) is 3.10. The highest BCUT2D eigenvalue weighted by Gasteiger charge is 2.04. The lowest BCUT2D eigenvalue weighted by Gasteiger charge is -2.04. The molecule has 2 rings (SSSR count). The zero-order valence-electron chi connectivity index (χ0n) is 8.64. The van der Waals surface area contributed by atoms with Crippen LogP contribution in [0.2, 0.25) is 5.02 Å². The molecule has 1 aromatic heterocycles. The lowest BCUT2D eigenvalue weighted by Crippen LogP contribution is -1.97. The number of rotatable bonds is 2. The van der Waals surface area contributed by atoms with E-state index in [1.807, 2.05) is 36.6 Å². The van der Waals surface area contributed by atoms with E-state index in [1.165, 1.54) is 11.8 Å². The van der Waals surface area contributed by atoms with Gasteiger partial charge >= 0.3 is 0 Å². The minimum absolute atomic E-state index is 0.289. The van der Waals surface area contributed by atoms with Gasteiger partial charge in [-0.1, -0.05) is 23.7 Å². The van der Waals surface area contributed by atoms with Crippen LogP contribution in [0.3, 0.4) is 0 Å². The van der Waals surface area contributed by atoms with E-state index >= 15 is 0 Å². The summed E-state index contributed by atoms with van der Waals surface area (Å²) in [4.78, 5) is 8.29. The summed E-state index contributed by atoms with van der Waals surface area (Å²) in [7, 11) is 0. The van der Waals surface area contributed by atoms with Crippen molar-refractivity contribution in [1.29, 1.82) is 0 Å². The molecule has 2 aromatic rings. The number of anilines is 1. The quantitative estimate of drug-likeness (QED) is 0.658. The molecule has 16 heavy (non-hydrogen) atoms. The molecule has 0 unspecified atom stereocenters. The first-order valence-electron chi connectivity index (χ1n) is 4.63. The molecular formula is C11H10ClN3S. The van der Waals surface area contributed by atoms with E-state index in [4.69, 9.17) is 17.3 Å². The fourth-order valence-electron chi connectivity index (χ4n) is 1.32. The van der Waals surface area contributed by atoms with Crippen molar-refractivity contribution in [2.45, 2.75) is 5.03 Å². The van der Waals surface area contributed by atoms with Crippen molar-refractivity contribution in [2.75, 3.05) is 12.0 Å². The molecule has 2 N–H and O–H groups in total. The van der Waals surface area contributed by atoms with Crippen LogP contribution < -0.4 is 5.73 Å². The smallest absolute Gasteiger partial charge is 0.221 e. The van der Waals surface area contributed by atoms with Gasteiger partial charge in [-0.25, -0.2) is 9.97 Å². The fourth-order valence-corrected chi connectivity index (χ4v) is 1.86. The molecular weight excluding hydrogens is 242 g/mol. The number of aromatic nitrogens is 2. The van der Waals surface area contributed by atoms with Gasteiger partial charge in [0.25, 0.3) is 0 Å². The van der Waals surface area contributed by atoms with E-state index < -0.39 is 0 Å². The Labute approximate surface area is 103 Å². The first-order chi connectivity index (χ1) is 7.69. The fraction of sp³-hybridized carbons (Fsp3) is 0.0909. The third-order valence-electron chi connectivity index (χ3n) is 2.07. The van der Waals surface area contributed by atoms with E-state index in [1.54, 1.807) is 0 Å². The third-order valence-corrected chi connectivity index (χ3v) is 2.95. The predicted molar refractivity (Wildman–Crippen MR) is 68.7 cm³/mol. The molecule has 1 heterocycles. The van der Waals surface area contributed by atoms with Crippen LogP contribution >= 0.6 is 23.4 Å². The van der Waals surface area contributed by atoms with Crippen LogP contribution in [0.5, 0.6) is 0 Å². The Morgan fingerprint density at radius 2 is 1.88 bits per heavy atom. The Bertz CT molecular complexity index is 499. The summed E-state index contributed by atoms with van der Waals surface area (Å²) in [5.41, 5.74) is 7.43. The minimum atomic E-state index is 0.289. The Balaban J connectivity index is 2.47. The number of hydrogen-bond donors (Lipinski definition) is 1. The van der Waals surface area contributed by atoms with E-state index in [9.17, 15) is 0 Å². The summed E-state index contributed by atoms with van der Waals surface area (Å²) in [6.07, 6.45) is 1.95. The van der Waals surface area contributed by atoms with Crippen LogP contribution in [0, 0.1) is 0 Å². The van der Waals surface area contributed by atoms with Crippen LogP contribution in [0.25, 0.3) is 11.3 Å². The molecule has 0 saturated carbocycles. The Morgan fingerprint density at radius 3 is 2.50 bits per heavy atom. The standard InChI is InChI=1S/C11H10ClN3S/c1-16-10-6-9(14-11(13)15-10)7-2-4-8(12)5-3-7/h2-6H,1H3,(H2,13,14,15). The van der Waals surface area contributed by atoms with E-state index in [0.29, 0.717) is 5.02 Å². The molecule has 0 amide bonds. The van der Waals surface area contributed by atoms with Crippen molar-refractivity contribution >= 4 is 29.3 Å². The normalized spacial score (nSPS) is 10.4. The number of thioether (sulfide) groups is 1. The zero-order chi connectivity index (χ0) is 11.5. The van der Waals surface area contributed by atoms with Crippen molar-refractivity contribution in [2.24, 2.45) is 0 Å². The molecule has 0 radical (unpaired) electrons. The summed E-state index contributed by atoms with van der Waals surface area (Å²) < 4.78 is 0. The average molecular weight is 252 g/mol. The largest absolute Gasteiger partial charge is 0.368 e. The Hall–Kier alpha value is -1.26. The number of nitrogens with zero attached hydrogens (tertiary/aromatic N) is 2. The maximum absolute atomic E-state index is 5.83. The summed E-state index contributed by atoms with van der Waals surface area (Å²) in [5, 5.41) is 1.56. The highest BCUT2D eigenvalue weighted by molar-refractivity contribution is 7.98. The van der Waals surface area contributed by atoms with Crippen LogP contribution in [-0.4, -0.2) is 16.2 Å². The number of nitrogens with two attached hydrogens (primary N) is 1. The van der Waals surface area contributed by atoms with E-state index in [2.05, 4.69) is 9.97 Å². The maximum Gasteiger partial charge on any atom is 0.221 e. The van der Waals surface area contributed by atoms with Gasteiger partial charge in [0.15, 0.2) is 0 Å². The number of hydrogen-bond acceptors (Lipinski definition) is 4. The van der Waals surface area contributed by atoms with Crippen LogP contribution in [-0.2, 0) is 0 Å². The van der Waals surface area contributed by atoms with Gasteiger partial charge in [-0.15, -0.1) is 11.8 Å². The van der Waals surface area contributed by atoms with Gasteiger partial charge in [0, 0.05) is 10.6 Å². The van der Waals surface area contributed by atoms with Crippen molar-refractivity contribution in [3.8, 4) is 11.3 Å². The van der Waals surface area contributed by atoms with E-state index in [-0.39, 0.29) is 5.95 Å². The second kappa shape index (κ2) is 4.72. The van der Waals surface area contributed by atoms with Gasteiger partial charge < -0.3 is 5.73 Å². The van der Waals surface area contributed by atoms with Gasteiger partial charge in [0.05, 0.1) is 5.69 Å². The monoisotopic (exact) mass is 251 g/mol. The molecule has 5 heteroatoms. The topological polar surface area (TPSA) is 51.8 Å². The lowest BCUT2D eigenvalue weighted by molar-refractivity contribution is 1.07. The van der Waals surface area contributed by atoms with Gasteiger partial charge in [-0.2, -0.15) is 0 Å². The molecule has 0 aliphatic carbocycles. The van der Waals surface area contributed by atoms with Crippen LogP contribution in [0.4, 0.5) is 5.95 Å². The summed E-state index contributed by atoms with van der Waals surface area (Å²) in [5.74, 6) is 0.289.